The molecule has 2 rings (SSSR count). The Morgan fingerprint density at radius 3 is 2.42 bits per heavy atom. The van der Waals surface area contributed by atoms with E-state index in [1.54, 1.807) is 0 Å². The summed E-state index contributed by atoms with van der Waals surface area (Å²) < 4.78 is 32.2. The average molecular weight is 285 g/mol. The van der Waals surface area contributed by atoms with Crippen molar-refractivity contribution in [3.05, 3.63) is 64.2 Å². The lowest BCUT2D eigenvalue weighted by Crippen LogP contribution is -2.05. The number of halogens is 3. The fourth-order valence-electron chi connectivity index (χ4n) is 1.80. The molecule has 0 heterocycles. The molecular formula is C14H11ClF2O2. The van der Waals surface area contributed by atoms with Gasteiger partial charge in [0.2, 0.25) is 0 Å². The van der Waals surface area contributed by atoms with E-state index in [1.807, 2.05) is 0 Å². The van der Waals surface area contributed by atoms with E-state index in [1.165, 1.54) is 43.5 Å². The monoisotopic (exact) mass is 284 g/mol. The summed E-state index contributed by atoms with van der Waals surface area (Å²) in [6, 6.07) is 8.36. The molecule has 0 radical (unpaired) electrons. The van der Waals surface area contributed by atoms with Crippen LogP contribution in [0.5, 0.6) is 5.75 Å². The van der Waals surface area contributed by atoms with Gasteiger partial charge in [0.05, 0.1) is 12.1 Å². The zero-order valence-electron chi connectivity index (χ0n) is 10.0. The third-order valence-corrected chi connectivity index (χ3v) is 3.18. The van der Waals surface area contributed by atoms with Crippen LogP contribution in [0.15, 0.2) is 36.4 Å². The van der Waals surface area contributed by atoms with Gasteiger partial charge in [0.25, 0.3) is 0 Å². The Morgan fingerprint density at radius 2 is 1.74 bits per heavy atom. The van der Waals surface area contributed by atoms with Crippen molar-refractivity contribution in [3.8, 4) is 5.75 Å². The van der Waals surface area contributed by atoms with Crippen LogP contribution >= 0.6 is 11.6 Å². The van der Waals surface area contributed by atoms with E-state index in [-0.39, 0.29) is 21.9 Å². The van der Waals surface area contributed by atoms with Gasteiger partial charge in [-0.25, -0.2) is 8.78 Å². The van der Waals surface area contributed by atoms with Crippen LogP contribution in [-0.2, 0) is 0 Å². The molecule has 2 aromatic rings. The quantitative estimate of drug-likeness (QED) is 0.931. The number of benzene rings is 2. The molecule has 19 heavy (non-hydrogen) atoms. The Bertz CT molecular complexity index is 602. The summed E-state index contributed by atoms with van der Waals surface area (Å²) in [6.07, 6.45) is -1.36. The van der Waals surface area contributed by atoms with E-state index in [4.69, 9.17) is 16.3 Å². The molecular weight excluding hydrogens is 274 g/mol. The lowest BCUT2D eigenvalue weighted by Gasteiger charge is -2.15. The number of aliphatic hydroxyl groups is 1. The summed E-state index contributed by atoms with van der Waals surface area (Å²) in [5.74, 6) is -1.36. The van der Waals surface area contributed by atoms with Crippen molar-refractivity contribution < 1.29 is 18.6 Å². The Balaban J connectivity index is 2.50. The standard InChI is InChI=1S/C14H11ClF2O2/c1-19-11-7-3-5-9(13(11)17)14(18)8-4-2-6-10(16)12(8)15/h2-7,14,18H,1H3. The van der Waals surface area contributed by atoms with Gasteiger partial charge >= 0.3 is 0 Å². The highest BCUT2D eigenvalue weighted by Crippen LogP contribution is 2.33. The van der Waals surface area contributed by atoms with Crippen molar-refractivity contribution in [2.45, 2.75) is 6.10 Å². The highest BCUT2D eigenvalue weighted by atomic mass is 35.5. The molecule has 0 bridgehead atoms. The lowest BCUT2D eigenvalue weighted by atomic mass is 10.0. The number of methoxy groups -OCH3 is 1. The maximum absolute atomic E-state index is 14.0. The van der Waals surface area contributed by atoms with E-state index in [2.05, 4.69) is 0 Å². The minimum Gasteiger partial charge on any atom is -0.494 e. The molecule has 2 aromatic carbocycles. The molecule has 1 N–H and O–H groups in total. The Labute approximate surface area is 114 Å². The predicted octanol–water partition coefficient (Wildman–Crippen LogP) is 3.71. The number of aliphatic hydroxyl groups excluding tert-OH is 1. The molecule has 0 aromatic heterocycles. The molecule has 0 saturated carbocycles. The zero-order valence-corrected chi connectivity index (χ0v) is 10.8. The van der Waals surface area contributed by atoms with Crippen LogP contribution in [0, 0.1) is 11.6 Å². The first-order chi connectivity index (χ1) is 9.06. The minimum absolute atomic E-state index is 0.00377. The van der Waals surface area contributed by atoms with Gasteiger partial charge < -0.3 is 9.84 Å². The average Bonchev–Trinajstić information content (AvgIpc) is 2.41. The van der Waals surface area contributed by atoms with Crippen molar-refractivity contribution in [3.63, 3.8) is 0 Å². The molecule has 0 aliphatic heterocycles. The van der Waals surface area contributed by atoms with Crippen molar-refractivity contribution in [1.29, 1.82) is 0 Å². The van der Waals surface area contributed by atoms with Crippen molar-refractivity contribution in [2.24, 2.45) is 0 Å². The predicted molar refractivity (Wildman–Crippen MR) is 68.4 cm³/mol. The Kier molecular flexibility index (Phi) is 4.02. The topological polar surface area (TPSA) is 29.5 Å². The second kappa shape index (κ2) is 5.55. The van der Waals surface area contributed by atoms with E-state index < -0.39 is 17.7 Å². The fourth-order valence-corrected chi connectivity index (χ4v) is 2.03. The van der Waals surface area contributed by atoms with Crippen LogP contribution in [0.4, 0.5) is 8.78 Å². The van der Waals surface area contributed by atoms with Crippen LogP contribution in [0.2, 0.25) is 5.02 Å². The van der Waals surface area contributed by atoms with Gasteiger partial charge in [-0.2, -0.15) is 0 Å². The summed E-state index contributed by atoms with van der Waals surface area (Å²) in [5.41, 5.74) is 0.0840. The second-order valence-corrected chi connectivity index (χ2v) is 4.29. The van der Waals surface area contributed by atoms with Gasteiger partial charge in [0.1, 0.15) is 11.9 Å². The molecule has 0 aliphatic carbocycles. The van der Waals surface area contributed by atoms with Gasteiger partial charge in [-0.3, -0.25) is 0 Å². The van der Waals surface area contributed by atoms with Gasteiger partial charge in [-0.1, -0.05) is 35.9 Å². The zero-order chi connectivity index (χ0) is 14.0. The largest absolute Gasteiger partial charge is 0.494 e. The molecule has 1 atom stereocenters. The summed E-state index contributed by atoms with van der Waals surface area (Å²) >= 11 is 5.78. The maximum Gasteiger partial charge on any atom is 0.171 e. The molecule has 0 amide bonds. The summed E-state index contributed by atoms with van der Waals surface area (Å²) in [6.45, 7) is 0. The summed E-state index contributed by atoms with van der Waals surface area (Å²) in [7, 11) is 1.32. The first-order valence-corrected chi connectivity index (χ1v) is 5.88. The molecule has 100 valence electrons. The van der Waals surface area contributed by atoms with Crippen molar-refractivity contribution in [2.75, 3.05) is 7.11 Å². The van der Waals surface area contributed by atoms with Crippen LogP contribution in [0.1, 0.15) is 17.2 Å². The maximum atomic E-state index is 14.0. The molecule has 0 spiro atoms. The SMILES string of the molecule is COc1cccc(C(O)c2cccc(F)c2Cl)c1F. The van der Waals surface area contributed by atoms with Crippen LogP contribution in [-0.4, -0.2) is 12.2 Å². The Morgan fingerprint density at radius 1 is 1.11 bits per heavy atom. The van der Waals surface area contributed by atoms with E-state index in [0.29, 0.717) is 0 Å². The number of rotatable bonds is 3. The smallest absolute Gasteiger partial charge is 0.171 e. The van der Waals surface area contributed by atoms with Crippen LogP contribution in [0.25, 0.3) is 0 Å². The van der Waals surface area contributed by atoms with E-state index in [0.717, 1.165) is 0 Å². The van der Waals surface area contributed by atoms with E-state index >= 15 is 0 Å². The van der Waals surface area contributed by atoms with Crippen molar-refractivity contribution >= 4 is 11.6 Å². The number of hydrogen-bond donors (Lipinski definition) is 1. The Hall–Kier alpha value is -1.65. The first-order valence-electron chi connectivity index (χ1n) is 5.50. The summed E-state index contributed by atoms with van der Waals surface area (Å²) in [4.78, 5) is 0. The van der Waals surface area contributed by atoms with Gasteiger partial charge in [0, 0.05) is 11.1 Å². The molecule has 1 unspecified atom stereocenters. The molecule has 5 heteroatoms. The summed E-state index contributed by atoms with van der Waals surface area (Å²) in [5, 5.41) is 9.93. The molecule has 0 aliphatic rings. The normalized spacial score (nSPS) is 12.3. The van der Waals surface area contributed by atoms with Crippen molar-refractivity contribution in [1.82, 2.24) is 0 Å². The van der Waals surface area contributed by atoms with Gasteiger partial charge in [-0.05, 0) is 12.1 Å². The highest BCUT2D eigenvalue weighted by molar-refractivity contribution is 6.31. The first kappa shape index (κ1) is 13.8. The van der Waals surface area contributed by atoms with Crippen LogP contribution in [0.3, 0.4) is 0 Å². The second-order valence-electron chi connectivity index (χ2n) is 3.91. The van der Waals surface area contributed by atoms with Gasteiger partial charge in [-0.15, -0.1) is 0 Å². The van der Waals surface area contributed by atoms with Crippen LogP contribution < -0.4 is 4.74 Å². The number of hydrogen-bond acceptors (Lipinski definition) is 2. The van der Waals surface area contributed by atoms with E-state index in [9.17, 15) is 13.9 Å². The fraction of sp³-hybridized carbons (Fsp3) is 0.143. The van der Waals surface area contributed by atoms with Gasteiger partial charge in [0.15, 0.2) is 11.6 Å². The number of ether oxygens (including phenoxy) is 1. The minimum atomic E-state index is -1.36. The third-order valence-electron chi connectivity index (χ3n) is 2.78. The highest BCUT2D eigenvalue weighted by Gasteiger charge is 2.21. The molecule has 2 nitrogen and oxygen atoms in total. The molecule has 0 saturated heterocycles. The third kappa shape index (κ3) is 2.55. The molecule has 0 fully saturated rings. The lowest BCUT2D eigenvalue weighted by molar-refractivity contribution is 0.213.